The molecule has 40 heavy (non-hydrogen) atoms. The molecule has 0 aromatic carbocycles. The molecule has 2 N–H and O–H groups in total. The minimum Gasteiger partial charge on any atom is -0.395 e. The zero-order valence-electron chi connectivity index (χ0n) is 24.6. The highest BCUT2D eigenvalue weighted by molar-refractivity contribution is 7.91. The number of quaternary nitrogens is 2. The van der Waals surface area contributed by atoms with Gasteiger partial charge in [0, 0.05) is 23.7 Å². The van der Waals surface area contributed by atoms with Crippen molar-refractivity contribution in [3.05, 3.63) is 0 Å². The molecule has 0 radical (unpaired) electrons. The zero-order valence-corrected chi connectivity index (χ0v) is 26.2. The van der Waals surface area contributed by atoms with E-state index in [0.717, 1.165) is 51.4 Å². The highest BCUT2D eigenvalue weighted by atomic mass is 32.2. The van der Waals surface area contributed by atoms with Crippen molar-refractivity contribution in [2.24, 2.45) is 0 Å². The van der Waals surface area contributed by atoms with E-state index in [9.17, 15) is 21.9 Å². The van der Waals surface area contributed by atoms with E-state index < -0.39 is 70.7 Å². The molecule has 0 saturated carbocycles. The topological polar surface area (TPSA) is 139 Å². The standard InChI is InChI=1S/C25H50F2N6O5S2/c1-5-9-11-13-15-17-21-39(35,36)32(26,7-3)24-29-23(28-19-20-34)30-25(31-24)33(27,8-4)40(37,38)22-18-16-14-12-10-6-2/h34H,5-22H2,1-4H3,(H,28,29,30,31)/q+2. The summed E-state index contributed by atoms with van der Waals surface area (Å²) in [5, 5.41) is 11.8. The number of nitrogens with one attached hydrogen (secondary N) is 1. The third-order valence-corrected chi connectivity index (χ3v) is 11.0. The molecule has 0 aliphatic rings. The van der Waals surface area contributed by atoms with Crippen LogP contribution in [0.4, 0.5) is 26.8 Å². The number of aliphatic hydroxyl groups is 1. The van der Waals surface area contributed by atoms with E-state index in [1.807, 2.05) is 0 Å². The van der Waals surface area contributed by atoms with Gasteiger partial charge in [-0.25, -0.2) is 0 Å². The van der Waals surface area contributed by atoms with Crippen LogP contribution in [0.3, 0.4) is 0 Å². The molecular weight excluding hydrogens is 566 g/mol. The van der Waals surface area contributed by atoms with Gasteiger partial charge >= 0.3 is 31.9 Å². The summed E-state index contributed by atoms with van der Waals surface area (Å²) in [7, 11) is -9.05. The number of anilines is 1. The molecule has 0 spiro atoms. The van der Waals surface area contributed by atoms with Gasteiger partial charge in [-0.2, -0.15) is 16.8 Å². The van der Waals surface area contributed by atoms with Gasteiger partial charge in [0.2, 0.25) is 5.95 Å². The minimum atomic E-state index is -4.52. The Labute approximate surface area is 239 Å². The number of halogens is 2. The van der Waals surface area contributed by atoms with Crippen LogP contribution < -0.4 is 13.5 Å². The maximum absolute atomic E-state index is 16.3. The van der Waals surface area contributed by atoms with Crippen LogP contribution in [-0.4, -0.2) is 74.6 Å². The second-order valence-corrected chi connectivity index (χ2v) is 14.3. The first-order valence-corrected chi connectivity index (χ1v) is 17.8. The third kappa shape index (κ3) is 9.78. The third-order valence-electron chi connectivity index (χ3n) is 6.81. The second kappa shape index (κ2) is 17.4. The van der Waals surface area contributed by atoms with Crippen LogP contribution in [0, 0.1) is 0 Å². The molecule has 0 fully saturated rings. The number of aliphatic hydroxyl groups excluding tert-OH is 1. The van der Waals surface area contributed by atoms with Crippen LogP contribution >= 0.6 is 0 Å². The van der Waals surface area contributed by atoms with Crippen LogP contribution in [0.5, 0.6) is 0 Å². The van der Waals surface area contributed by atoms with Gasteiger partial charge in [-0.15, -0.1) is 9.97 Å². The van der Waals surface area contributed by atoms with Crippen molar-refractivity contribution in [1.29, 1.82) is 0 Å². The van der Waals surface area contributed by atoms with E-state index in [1.165, 1.54) is 13.8 Å². The average Bonchev–Trinajstić information content (AvgIpc) is 2.94. The van der Waals surface area contributed by atoms with Gasteiger partial charge in [0.25, 0.3) is 0 Å². The summed E-state index contributed by atoms with van der Waals surface area (Å²) in [5.41, 5.74) is 0. The van der Waals surface area contributed by atoms with Crippen LogP contribution in [-0.2, 0) is 20.0 Å². The molecule has 0 amide bonds. The monoisotopic (exact) mass is 616 g/mol. The van der Waals surface area contributed by atoms with Crippen molar-refractivity contribution in [3.63, 3.8) is 0 Å². The predicted octanol–water partition coefficient (Wildman–Crippen LogP) is 5.08. The van der Waals surface area contributed by atoms with Crippen LogP contribution in [0.2, 0.25) is 0 Å². The molecule has 1 rings (SSSR count). The van der Waals surface area contributed by atoms with Gasteiger partial charge in [-0.3, -0.25) is 0 Å². The maximum atomic E-state index is 16.3. The van der Waals surface area contributed by atoms with Crippen molar-refractivity contribution in [2.75, 3.05) is 43.1 Å². The van der Waals surface area contributed by atoms with Gasteiger partial charge in [-0.05, 0) is 26.7 Å². The van der Waals surface area contributed by atoms with Crippen LogP contribution in [0.1, 0.15) is 105 Å². The Morgan fingerprint density at radius 2 is 1.02 bits per heavy atom. The Kier molecular flexibility index (Phi) is 15.9. The predicted molar refractivity (Wildman–Crippen MR) is 157 cm³/mol. The molecule has 15 heteroatoms. The summed E-state index contributed by atoms with van der Waals surface area (Å²) in [6.07, 6.45) is 9.36. The van der Waals surface area contributed by atoms with Gasteiger partial charge in [0.1, 0.15) is 24.6 Å². The molecule has 1 aromatic rings. The first-order valence-electron chi connectivity index (χ1n) is 14.6. The molecule has 0 aliphatic heterocycles. The van der Waals surface area contributed by atoms with Gasteiger partial charge < -0.3 is 10.4 Å². The average molecular weight is 617 g/mol. The number of sulfonamides is 2. The Morgan fingerprint density at radius 1 is 0.650 bits per heavy atom. The van der Waals surface area contributed by atoms with Crippen molar-refractivity contribution < 1.29 is 30.9 Å². The molecular formula is C25H50F2N6O5S2+2. The van der Waals surface area contributed by atoms with E-state index in [4.69, 9.17) is 0 Å². The highest BCUT2D eigenvalue weighted by Crippen LogP contribution is 2.33. The van der Waals surface area contributed by atoms with Crippen LogP contribution in [0.25, 0.3) is 0 Å². The molecule has 0 aliphatic carbocycles. The molecule has 234 valence electrons. The Morgan fingerprint density at radius 3 is 1.38 bits per heavy atom. The summed E-state index contributed by atoms with van der Waals surface area (Å²) < 4.78 is 81.0. The molecule has 0 bridgehead atoms. The summed E-state index contributed by atoms with van der Waals surface area (Å²) in [5.74, 6) is -3.25. The largest absolute Gasteiger partial charge is 0.395 e. The molecule has 0 saturated heterocycles. The number of nitrogens with zero attached hydrogens (tertiary/aromatic N) is 5. The summed E-state index contributed by atoms with van der Waals surface area (Å²) in [6.45, 7) is 4.97. The van der Waals surface area contributed by atoms with E-state index >= 15 is 8.96 Å². The van der Waals surface area contributed by atoms with Crippen molar-refractivity contribution >= 4 is 37.9 Å². The molecule has 11 nitrogen and oxygen atoms in total. The molecule has 1 aromatic heterocycles. The maximum Gasteiger partial charge on any atom is 0.394 e. The lowest BCUT2D eigenvalue weighted by atomic mass is 10.1. The van der Waals surface area contributed by atoms with Gasteiger partial charge in [0.05, 0.1) is 6.61 Å². The van der Waals surface area contributed by atoms with Gasteiger partial charge in [-0.1, -0.05) is 83.0 Å². The molecule has 2 atom stereocenters. The Bertz CT molecular complexity index is 1020. The number of hydrogen-bond donors (Lipinski definition) is 2. The Balaban J connectivity index is 3.40. The number of rotatable bonds is 23. The second-order valence-electron chi connectivity index (χ2n) is 9.95. The lowest BCUT2D eigenvalue weighted by Gasteiger charge is -2.24. The first kappa shape index (κ1) is 36.5. The van der Waals surface area contributed by atoms with E-state index in [1.54, 1.807) is 0 Å². The quantitative estimate of drug-likeness (QED) is 0.127. The molecule has 2 unspecified atom stereocenters. The van der Waals surface area contributed by atoms with E-state index in [0.29, 0.717) is 12.8 Å². The smallest absolute Gasteiger partial charge is 0.394 e. The van der Waals surface area contributed by atoms with Crippen molar-refractivity contribution in [1.82, 2.24) is 23.2 Å². The summed E-state index contributed by atoms with van der Waals surface area (Å²) in [4.78, 5) is 11.6. The number of unbranched alkanes of at least 4 members (excludes halogenated alkanes) is 10. The zero-order chi connectivity index (χ0) is 30.3. The summed E-state index contributed by atoms with van der Waals surface area (Å²) in [6, 6.07) is 0. The fourth-order valence-electron chi connectivity index (χ4n) is 4.24. The Hall–Kier alpha value is -1.55. The number of aromatic nitrogens is 3. The normalized spacial score (nSPS) is 15.5. The fraction of sp³-hybridized carbons (Fsp3) is 0.880. The molecule has 1 heterocycles. The van der Waals surface area contributed by atoms with E-state index in [2.05, 4.69) is 34.1 Å². The highest BCUT2D eigenvalue weighted by Gasteiger charge is 2.53. The lowest BCUT2D eigenvalue weighted by Crippen LogP contribution is -2.51. The van der Waals surface area contributed by atoms with Crippen molar-refractivity contribution in [3.8, 4) is 0 Å². The van der Waals surface area contributed by atoms with E-state index in [-0.39, 0.29) is 26.0 Å². The van der Waals surface area contributed by atoms with Gasteiger partial charge in [0.15, 0.2) is 0 Å². The summed E-state index contributed by atoms with van der Waals surface area (Å²) >= 11 is 0. The minimum absolute atomic E-state index is 0.116. The SMILES string of the molecule is CCCCCCCCS(=O)(=O)[N+](F)(CC)c1nc(NCCO)nc([N+](F)(CC)S(=O)(=O)CCCCCCCC)n1. The number of hydrogen-bond acceptors (Lipinski definition) is 9. The fourth-order valence-corrected chi connectivity index (χ4v) is 7.41. The first-order chi connectivity index (χ1) is 18.9. The van der Waals surface area contributed by atoms with Crippen LogP contribution in [0.15, 0.2) is 0 Å². The lowest BCUT2D eigenvalue weighted by molar-refractivity contribution is 0.127. The van der Waals surface area contributed by atoms with Crippen molar-refractivity contribution in [2.45, 2.75) is 105 Å².